The summed E-state index contributed by atoms with van der Waals surface area (Å²) in [5.41, 5.74) is 1.42. The molecule has 1 aliphatic carbocycles. The van der Waals surface area contributed by atoms with Crippen LogP contribution in [0.5, 0.6) is 0 Å². The summed E-state index contributed by atoms with van der Waals surface area (Å²) in [5, 5.41) is 3.05. The molecule has 0 saturated heterocycles. The van der Waals surface area contributed by atoms with Crippen LogP contribution in [0.2, 0.25) is 0 Å². The number of carbonyl (C=O) groups excluding carboxylic acids is 1. The van der Waals surface area contributed by atoms with Gasteiger partial charge in [0.1, 0.15) is 11.3 Å². The zero-order valence-corrected chi connectivity index (χ0v) is 24.4. The maximum Gasteiger partial charge on any atom is 0.341 e. The van der Waals surface area contributed by atoms with Gasteiger partial charge in [0.25, 0.3) is 20.0 Å². The van der Waals surface area contributed by atoms with Gasteiger partial charge in [0.2, 0.25) is 5.09 Å². The highest BCUT2D eigenvalue weighted by Gasteiger charge is 2.25. The summed E-state index contributed by atoms with van der Waals surface area (Å²) < 4.78 is 66.6. The van der Waals surface area contributed by atoms with E-state index >= 15 is 0 Å². The average molecular weight is 590 g/mol. The van der Waals surface area contributed by atoms with E-state index in [1.54, 1.807) is 12.1 Å². The molecular formula is C28H35N3O7S2. The first kappa shape index (κ1) is 29.6. The van der Waals surface area contributed by atoms with Crippen LogP contribution in [-0.4, -0.2) is 36.0 Å². The van der Waals surface area contributed by atoms with Crippen LogP contribution < -0.4 is 14.8 Å². The predicted molar refractivity (Wildman–Crippen MR) is 152 cm³/mol. The number of rotatable bonds is 12. The lowest BCUT2D eigenvalue weighted by molar-refractivity contribution is 0.0598. The average Bonchev–Trinajstić information content (AvgIpc) is 3.57. The molecule has 216 valence electrons. The van der Waals surface area contributed by atoms with Crippen LogP contribution in [0.3, 0.4) is 0 Å². The van der Waals surface area contributed by atoms with Crippen molar-refractivity contribution in [2.24, 2.45) is 5.92 Å². The number of carbonyl (C=O) groups is 1. The maximum absolute atomic E-state index is 13.1. The number of nitrogens with one attached hydrogen (secondary N) is 3. The largest absolute Gasteiger partial charge is 0.465 e. The Hall–Kier alpha value is -3.35. The Morgan fingerprint density at radius 3 is 2.35 bits per heavy atom. The van der Waals surface area contributed by atoms with Crippen LogP contribution in [0.15, 0.2) is 69.0 Å². The molecule has 0 unspecified atom stereocenters. The van der Waals surface area contributed by atoms with Crippen molar-refractivity contribution in [2.45, 2.75) is 68.5 Å². The van der Waals surface area contributed by atoms with Crippen molar-refractivity contribution in [3.8, 4) is 0 Å². The van der Waals surface area contributed by atoms with Gasteiger partial charge in [-0.25, -0.2) is 13.2 Å². The van der Waals surface area contributed by atoms with Crippen molar-refractivity contribution in [3.63, 3.8) is 0 Å². The van der Waals surface area contributed by atoms with E-state index in [1.165, 1.54) is 64.0 Å². The molecule has 2 aromatic carbocycles. The highest BCUT2D eigenvalue weighted by molar-refractivity contribution is 7.93. The second kappa shape index (κ2) is 12.4. The first-order valence-corrected chi connectivity index (χ1v) is 16.1. The zero-order chi connectivity index (χ0) is 28.9. The lowest BCUT2D eigenvalue weighted by Gasteiger charge is -2.19. The lowest BCUT2D eigenvalue weighted by Crippen LogP contribution is -2.28. The summed E-state index contributed by atoms with van der Waals surface area (Å²) in [7, 11) is -6.94. The Balaban J connectivity index is 1.42. The van der Waals surface area contributed by atoms with Gasteiger partial charge in [0.05, 0.1) is 17.7 Å². The maximum atomic E-state index is 13.1. The molecule has 12 heteroatoms. The van der Waals surface area contributed by atoms with Gasteiger partial charge >= 0.3 is 5.97 Å². The Labute approximate surface area is 235 Å². The van der Waals surface area contributed by atoms with Gasteiger partial charge in [0.15, 0.2) is 0 Å². The number of anilines is 2. The molecule has 1 heterocycles. The van der Waals surface area contributed by atoms with Crippen LogP contribution >= 0.6 is 0 Å². The number of benzene rings is 2. The molecule has 1 atom stereocenters. The molecule has 1 saturated carbocycles. The van der Waals surface area contributed by atoms with Crippen molar-refractivity contribution in [2.75, 3.05) is 16.6 Å². The minimum Gasteiger partial charge on any atom is -0.465 e. The molecule has 1 aliphatic rings. The highest BCUT2D eigenvalue weighted by atomic mass is 32.2. The second-order valence-electron chi connectivity index (χ2n) is 10.1. The second-order valence-corrected chi connectivity index (χ2v) is 13.4. The summed E-state index contributed by atoms with van der Waals surface area (Å²) in [4.78, 5) is 11.7. The molecule has 4 rings (SSSR count). The zero-order valence-electron chi connectivity index (χ0n) is 22.8. The number of aryl methyl sites for hydroxylation is 1. The van der Waals surface area contributed by atoms with E-state index in [4.69, 9.17) is 4.42 Å². The fourth-order valence-corrected chi connectivity index (χ4v) is 7.05. The van der Waals surface area contributed by atoms with Gasteiger partial charge in [-0.1, -0.05) is 43.9 Å². The van der Waals surface area contributed by atoms with E-state index in [2.05, 4.69) is 26.4 Å². The van der Waals surface area contributed by atoms with E-state index in [-0.39, 0.29) is 21.9 Å². The standard InChI is InChI=1S/C28H35N3O7S2/c1-19(16-21-8-4-5-9-21)29-18-22-10-6-7-11-26(22)31-39(33,34)24-14-12-23(13-15-24)30-40(35,36)27-17-25(20(2)38-27)28(32)37-3/h6-7,10-15,17,19,21,29-31H,4-5,8-9,16,18H2,1-3H3/t19-/m0/s1. The Morgan fingerprint density at radius 1 is 1.00 bits per heavy atom. The molecule has 0 bridgehead atoms. The quantitative estimate of drug-likeness (QED) is 0.250. The van der Waals surface area contributed by atoms with Crippen molar-refractivity contribution in [1.82, 2.24) is 5.32 Å². The van der Waals surface area contributed by atoms with Crippen LogP contribution in [-0.2, 0) is 31.3 Å². The van der Waals surface area contributed by atoms with Gasteiger partial charge in [-0.05, 0) is 62.1 Å². The smallest absolute Gasteiger partial charge is 0.341 e. The number of hydrogen-bond acceptors (Lipinski definition) is 8. The van der Waals surface area contributed by atoms with Gasteiger partial charge in [-0.3, -0.25) is 9.44 Å². The monoisotopic (exact) mass is 589 g/mol. The van der Waals surface area contributed by atoms with Crippen LogP contribution in [0.4, 0.5) is 11.4 Å². The van der Waals surface area contributed by atoms with E-state index in [9.17, 15) is 21.6 Å². The molecule has 40 heavy (non-hydrogen) atoms. The fourth-order valence-electron chi connectivity index (χ4n) is 4.90. The van der Waals surface area contributed by atoms with Crippen molar-refractivity contribution >= 4 is 37.4 Å². The minimum atomic E-state index is -4.18. The number of ether oxygens (including phenoxy) is 1. The SMILES string of the molecule is COC(=O)c1cc(S(=O)(=O)Nc2ccc(S(=O)(=O)Nc3ccccc3CN[C@@H](C)CC3CCCC3)cc2)oc1C. The Bertz CT molecular complexity index is 1540. The molecule has 1 fully saturated rings. The summed E-state index contributed by atoms with van der Waals surface area (Å²) >= 11 is 0. The van der Waals surface area contributed by atoms with Gasteiger partial charge in [-0.15, -0.1) is 0 Å². The number of esters is 1. The molecular weight excluding hydrogens is 554 g/mol. The predicted octanol–water partition coefficient (Wildman–Crippen LogP) is 5.03. The number of para-hydroxylation sites is 1. The summed E-state index contributed by atoms with van der Waals surface area (Å²) in [6.45, 7) is 4.13. The van der Waals surface area contributed by atoms with E-state index in [1.807, 2.05) is 12.1 Å². The van der Waals surface area contributed by atoms with E-state index in [0.29, 0.717) is 18.3 Å². The fraction of sp³-hybridized carbons (Fsp3) is 0.393. The van der Waals surface area contributed by atoms with Crippen LogP contribution in [0.1, 0.15) is 60.7 Å². The molecule has 0 radical (unpaired) electrons. The van der Waals surface area contributed by atoms with Gasteiger partial charge in [-0.2, -0.15) is 8.42 Å². The van der Waals surface area contributed by atoms with Crippen molar-refractivity contribution in [1.29, 1.82) is 0 Å². The Kier molecular flexibility index (Phi) is 9.22. The van der Waals surface area contributed by atoms with Gasteiger partial charge in [0, 0.05) is 24.3 Å². The molecule has 1 aromatic heterocycles. The summed E-state index contributed by atoms with van der Waals surface area (Å²) in [6.07, 6.45) is 6.27. The van der Waals surface area contributed by atoms with Crippen molar-refractivity contribution < 1.29 is 30.8 Å². The third-order valence-electron chi connectivity index (χ3n) is 7.05. The van der Waals surface area contributed by atoms with Crippen LogP contribution in [0.25, 0.3) is 0 Å². The number of hydrogen-bond donors (Lipinski definition) is 3. The van der Waals surface area contributed by atoms with E-state index < -0.39 is 31.1 Å². The molecule has 0 aliphatic heterocycles. The topological polar surface area (TPSA) is 144 Å². The van der Waals surface area contributed by atoms with Gasteiger partial charge < -0.3 is 14.5 Å². The highest BCUT2D eigenvalue weighted by Crippen LogP contribution is 2.29. The lowest BCUT2D eigenvalue weighted by atomic mass is 9.99. The number of sulfonamides is 2. The first-order chi connectivity index (χ1) is 19.0. The third-order valence-corrected chi connectivity index (χ3v) is 9.66. The summed E-state index contributed by atoms with van der Waals surface area (Å²) in [6, 6.07) is 13.9. The van der Waals surface area contributed by atoms with Crippen molar-refractivity contribution in [3.05, 3.63) is 71.5 Å². The third kappa shape index (κ3) is 7.23. The van der Waals surface area contributed by atoms with Crippen LogP contribution in [0, 0.1) is 12.8 Å². The van der Waals surface area contributed by atoms with E-state index in [0.717, 1.165) is 24.0 Å². The normalized spacial score (nSPS) is 15.1. The minimum absolute atomic E-state index is 0.00542. The molecule has 0 spiro atoms. The molecule has 0 amide bonds. The molecule has 3 aromatic rings. The molecule has 10 nitrogen and oxygen atoms in total. The number of furan rings is 1. The number of methoxy groups -OCH3 is 1. The molecule has 3 N–H and O–H groups in total. The first-order valence-electron chi connectivity index (χ1n) is 13.1. The Morgan fingerprint density at radius 2 is 1.68 bits per heavy atom. The summed E-state index contributed by atoms with van der Waals surface area (Å²) in [5.74, 6) is 0.128.